The molecule has 1 aliphatic rings. The number of carbonyl (C=O) groups is 1. The molecule has 1 heterocycles. The molecule has 0 fully saturated rings. The van der Waals surface area contributed by atoms with Crippen LogP contribution in [0.15, 0.2) is 60.7 Å². The molecule has 6 heteroatoms. The topological polar surface area (TPSA) is 51.2 Å². The van der Waals surface area contributed by atoms with Gasteiger partial charge in [-0.05, 0) is 53.7 Å². The van der Waals surface area contributed by atoms with E-state index in [9.17, 15) is 4.79 Å². The number of hydrogen-bond acceptors (Lipinski definition) is 5. The number of rotatable bonds is 7. The summed E-state index contributed by atoms with van der Waals surface area (Å²) in [6, 6.07) is 19.9. The first kappa shape index (κ1) is 21.0. The van der Waals surface area contributed by atoms with E-state index in [0.29, 0.717) is 26.2 Å². The second-order valence-electron chi connectivity index (χ2n) is 7.99. The van der Waals surface area contributed by atoms with Crippen LogP contribution in [-0.4, -0.2) is 62.7 Å². The van der Waals surface area contributed by atoms with Crippen LogP contribution in [0, 0.1) is 0 Å². The number of amides is 1. The Bertz CT molecular complexity index is 1070. The first-order valence-corrected chi connectivity index (χ1v) is 10.4. The Kier molecular flexibility index (Phi) is 6.28. The molecule has 162 valence electrons. The Balaban J connectivity index is 1.30. The van der Waals surface area contributed by atoms with Gasteiger partial charge in [-0.2, -0.15) is 0 Å². The number of para-hydroxylation sites is 2. The van der Waals surface area contributed by atoms with E-state index in [2.05, 4.69) is 18.2 Å². The van der Waals surface area contributed by atoms with E-state index in [-0.39, 0.29) is 12.0 Å². The minimum absolute atomic E-state index is 0.0643. The summed E-state index contributed by atoms with van der Waals surface area (Å²) in [6.45, 7) is 1.98. The summed E-state index contributed by atoms with van der Waals surface area (Å²) in [5, 5.41) is 2.25. The summed E-state index contributed by atoms with van der Waals surface area (Å²) < 4.78 is 17.0. The molecule has 31 heavy (non-hydrogen) atoms. The van der Waals surface area contributed by atoms with Crippen LogP contribution in [0.4, 0.5) is 0 Å². The molecule has 1 atom stereocenters. The number of nitrogens with zero attached hydrogens (tertiary/aromatic N) is 2. The highest BCUT2D eigenvalue weighted by atomic mass is 16.6. The van der Waals surface area contributed by atoms with Crippen molar-refractivity contribution in [3.8, 4) is 17.2 Å². The van der Waals surface area contributed by atoms with Gasteiger partial charge in [-0.15, -0.1) is 0 Å². The maximum Gasteiger partial charge on any atom is 0.236 e. The molecule has 1 aliphatic heterocycles. The number of benzene rings is 3. The lowest BCUT2D eigenvalue weighted by atomic mass is 10.1. The Hall–Kier alpha value is -3.25. The third-order valence-electron chi connectivity index (χ3n) is 5.45. The standard InChI is InChI=1S/C25H28N2O4/c1-26(15-22-17-30-23-6-4-5-7-24(23)31-22)16-25(28)27(2)14-18-8-9-20-13-21(29-3)11-10-19(20)12-18/h4-13,22H,14-17H2,1-3H3. The molecule has 0 N–H and O–H groups in total. The molecule has 1 unspecified atom stereocenters. The molecular formula is C25H28N2O4. The van der Waals surface area contributed by atoms with Crippen molar-refractivity contribution in [1.82, 2.24) is 9.80 Å². The molecule has 0 aromatic heterocycles. The summed E-state index contributed by atoms with van der Waals surface area (Å²) >= 11 is 0. The van der Waals surface area contributed by atoms with E-state index < -0.39 is 0 Å². The molecule has 0 saturated heterocycles. The molecule has 6 nitrogen and oxygen atoms in total. The van der Waals surface area contributed by atoms with Gasteiger partial charge in [-0.3, -0.25) is 9.69 Å². The molecule has 0 saturated carbocycles. The maximum atomic E-state index is 12.7. The lowest BCUT2D eigenvalue weighted by Gasteiger charge is -2.30. The van der Waals surface area contributed by atoms with Crippen LogP contribution in [0.3, 0.4) is 0 Å². The van der Waals surface area contributed by atoms with Crippen molar-refractivity contribution in [1.29, 1.82) is 0 Å². The van der Waals surface area contributed by atoms with Gasteiger partial charge in [0.15, 0.2) is 11.5 Å². The molecule has 0 radical (unpaired) electrons. The van der Waals surface area contributed by atoms with Crippen molar-refractivity contribution in [2.45, 2.75) is 12.6 Å². The first-order chi connectivity index (χ1) is 15.0. The van der Waals surface area contributed by atoms with Gasteiger partial charge in [-0.25, -0.2) is 0 Å². The highest BCUT2D eigenvalue weighted by Crippen LogP contribution is 2.31. The third kappa shape index (κ3) is 5.09. The molecule has 0 aliphatic carbocycles. The van der Waals surface area contributed by atoms with Gasteiger partial charge in [-0.1, -0.05) is 30.3 Å². The number of fused-ring (bicyclic) bond motifs is 2. The number of ether oxygens (including phenoxy) is 3. The van der Waals surface area contributed by atoms with Crippen LogP contribution >= 0.6 is 0 Å². The van der Waals surface area contributed by atoms with Gasteiger partial charge in [0.2, 0.25) is 5.91 Å². The fourth-order valence-electron chi connectivity index (χ4n) is 3.78. The highest BCUT2D eigenvalue weighted by Gasteiger charge is 2.23. The van der Waals surface area contributed by atoms with Crippen molar-refractivity contribution in [3.05, 3.63) is 66.2 Å². The summed E-state index contributed by atoms with van der Waals surface area (Å²) in [7, 11) is 5.43. The number of likely N-dealkylation sites (N-methyl/N-ethyl adjacent to an activating group) is 2. The second kappa shape index (κ2) is 9.27. The summed E-state index contributed by atoms with van der Waals surface area (Å²) in [4.78, 5) is 16.5. The van der Waals surface area contributed by atoms with Crippen LogP contribution in [0.2, 0.25) is 0 Å². The normalized spacial score (nSPS) is 15.2. The van der Waals surface area contributed by atoms with E-state index in [4.69, 9.17) is 14.2 Å². The Morgan fingerprint density at radius 1 is 1.03 bits per heavy atom. The molecule has 0 spiro atoms. The van der Waals surface area contributed by atoms with Crippen LogP contribution in [0.1, 0.15) is 5.56 Å². The van der Waals surface area contributed by atoms with E-state index in [1.165, 1.54) is 0 Å². The highest BCUT2D eigenvalue weighted by molar-refractivity contribution is 5.84. The molecule has 1 amide bonds. The van der Waals surface area contributed by atoms with Crippen molar-refractivity contribution < 1.29 is 19.0 Å². The molecule has 3 aromatic carbocycles. The van der Waals surface area contributed by atoms with E-state index in [0.717, 1.165) is 33.6 Å². The monoisotopic (exact) mass is 420 g/mol. The summed E-state index contributed by atoms with van der Waals surface area (Å²) in [5.74, 6) is 2.43. The van der Waals surface area contributed by atoms with Crippen molar-refractivity contribution in [2.75, 3.05) is 40.9 Å². The van der Waals surface area contributed by atoms with Gasteiger partial charge >= 0.3 is 0 Å². The van der Waals surface area contributed by atoms with E-state index >= 15 is 0 Å². The molecule has 3 aromatic rings. The Morgan fingerprint density at radius 3 is 2.58 bits per heavy atom. The Labute approximate surface area is 182 Å². The van der Waals surface area contributed by atoms with Crippen LogP contribution < -0.4 is 14.2 Å². The number of hydrogen-bond donors (Lipinski definition) is 0. The van der Waals surface area contributed by atoms with Gasteiger partial charge in [0, 0.05) is 20.1 Å². The average molecular weight is 421 g/mol. The molecule has 4 rings (SSSR count). The smallest absolute Gasteiger partial charge is 0.236 e. The second-order valence-corrected chi connectivity index (χ2v) is 7.99. The number of carbonyl (C=O) groups excluding carboxylic acids is 1. The van der Waals surface area contributed by atoms with Gasteiger partial charge in [0.1, 0.15) is 18.5 Å². The fourth-order valence-corrected chi connectivity index (χ4v) is 3.78. The third-order valence-corrected chi connectivity index (χ3v) is 5.45. The minimum Gasteiger partial charge on any atom is -0.497 e. The lowest BCUT2D eigenvalue weighted by molar-refractivity contribution is -0.131. The van der Waals surface area contributed by atoms with Gasteiger partial charge in [0.05, 0.1) is 13.7 Å². The van der Waals surface area contributed by atoms with Crippen molar-refractivity contribution >= 4 is 16.7 Å². The van der Waals surface area contributed by atoms with Gasteiger partial charge < -0.3 is 19.1 Å². The van der Waals surface area contributed by atoms with Crippen LogP contribution in [0.5, 0.6) is 17.2 Å². The van der Waals surface area contributed by atoms with Crippen molar-refractivity contribution in [3.63, 3.8) is 0 Å². The van der Waals surface area contributed by atoms with Gasteiger partial charge in [0.25, 0.3) is 0 Å². The van der Waals surface area contributed by atoms with E-state index in [1.54, 1.807) is 12.0 Å². The minimum atomic E-state index is -0.101. The van der Waals surface area contributed by atoms with Crippen LogP contribution in [-0.2, 0) is 11.3 Å². The first-order valence-electron chi connectivity index (χ1n) is 10.4. The quantitative estimate of drug-likeness (QED) is 0.585. The van der Waals surface area contributed by atoms with Crippen molar-refractivity contribution in [2.24, 2.45) is 0 Å². The predicted octanol–water partition coefficient (Wildman–Crippen LogP) is 3.58. The number of methoxy groups -OCH3 is 1. The molecular weight excluding hydrogens is 392 g/mol. The maximum absolute atomic E-state index is 12.7. The predicted molar refractivity (Wildman–Crippen MR) is 121 cm³/mol. The zero-order valence-electron chi connectivity index (χ0n) is 18.2. The largest absolute Gasteiger partial charge is 0.497 e. The zero-order valence-corrected chi connectivity index (χ0v) is 18.2. The summed E-state index contributed by atoms with van der Waals surface area (Å²) in [6.07, 6.45) is -0.101. The lowest BCUT2D eigenvalue weighted by Crippen LogP contribution is -2.43. The molecule has 0 bridgehead atoms. The van der Waals surface area contributed by atoms with Crippen LogP contribution in [0.25, 0.3) is 10.8 Å². The Morgan fingerprint density at radius 2 is 1.77 bits per heavy atom. The fraction of sp³-hybridized carbons (Fsp3) is 0.320. The SMILES string of the molecule is COc1ccc2cc(CN(C)C(=O)CN(C)CC3COc4ccccc4O3)ccc2c1. The zero-order chi connectivity index (χ0) is 21.8. The van der Waals surface area contributed by atoms with E-state index in [1.807, 2.05) is 61.5 Å². The summed E-state index contributed by atoms with van der Waals surface area (Å²) in [5.41, 5.74) is 1.09. The average Bonchev–Trinajstić information content (AvgIpc) is 2.78.